The van der Waals surface area contributed by atoms with E-state index in [2.05, 4.69) is 6.58 Å². The number of aliphatic hydroxyl groups is 1. The highest BCUT2D eigenvalue weighted by molar-refractivity contribution is 5.62. The summed E-state index contributed by atoms with van der Waals surface area (Å²) in [6, 6.07) is 4.94. The second kappa shape index (κ2) is 2.66. The lowest BCUT2D eigenvalue weighted by Crippen LogP contribution is -1.85. The van der Waals surface area contributed by atoms with E-state index in [0.717, 1.165) is 0 Å². The molecule has 0 bridgehead atoms. The quantitative estimate of drug-likeness (QED) is 0.602. The first-order valence-corrected chi connectivity index (χ1v) is 3.29. The van der Waals surface area contributed by atoms with Gasteiger partial charge in [0.15, 0.2) is 0 Å². The summed E-state index contributed by atoms with van der Waals surface area (Å²) in [4.78, 5) is 0. The van der Waals surface area contributed by atoms with Gasteiger partial charge in [-0.25, -0.2) is 0 Å². The van der Waals surface area contributed by atoms with Gasteiger partial charge in [0, 0.05) is 11.1 Å². The first kappa shape index (κ1) is 7.66. The Hall–Kier alpha value is -1.44. The van der Waals surface area contributed by atoms with Crippen molar-refractivity contribution in [1.29, 1.82) is 0 Å². The van der Waals surface area contributed by atoms with Crippen molar-refractivity contribution in [1.82, 2.24) is 0 Å². The summed E-state index contributed by atoms with van der Waals surface area (Å²) in [7, 11) is 0. The molecular weight excluding hydrogens is 140 g/mol. The number of hydrogen-bond donors (Lipinski definition) is 2. The molecule has 0 spiro atoms. The van der Waals surface area contributed by atoms with Crippen LogP contribution in [0, 0.1) is 6.92 Å². The third-order valence-electron chi connectivity index (χ3n) is 1.62. The molecule has 0 aliphatic heterocycles. The number of hydrogen-bond acceptors (Lipinski definition) is 2. The Morgan fingerprint density at radius 1 is 1.45 bits per heavy atom. The Bertz CT molecular complexity index is 290. The maximum Gasteiger partial charge on any atom is 0.119 e. The van der Waals surface area contributed by atoms with Crippen LogP contribution in [0.15, 0.2) is 24.8 Å². The largest absolute Gasteiger partial charge is 0.508 e. The van der Waals surface area contributed by atoms with Crippen LogP contribution >= 0.6 is 0 Å². The van der Waals surface area contributed by atoms with Gasteiger partial charge in [-0.15, -0.1) is 0 Å². The zero-order chi connectivity index (χ0) is 8.43. The van der Waals surface area contributed by atoms with E-state index < -0.39 is 0 Å². The van der Waals surface area contributed by atoms with E-state index in [0.29, 0.717) is 11.1 Å². The summed E-state index contributed by atoms with van der Waals surface area (Å²) in [5.41, 5.74) is 1.24. The van der Waals surface area contributed by atoms with Gasteiger partial charge in [0.05, 0.1) is 0 Å². The minimum atomic E-state index is -0.0154. The van der Waals surface area contributed by atoms with Gasteiger partial charge in [-0.1, -0.05) is 18.7 Å². The summed E-state index contributed by atoms with van der Waals surface area (Å²) < 4.78 is 0. The van der Waals surface area contributed by atoms with Crippen LogP contribution < -0.4 is 0 Å². The normalized spacial score (nSPS) is 9.55. The number of phenols is 1. The fourth-order valence-electron chi connectivity index (χ4n) is 0.936. The average molecular weight is 150 g/mol. The topological polar surface area (TPSA) is 40.5 Å². The van der Waals surface area contributed by atoms with Crippen LogP contribution in [0.1, 0.15) is 11.1 Å². The summed E-state index contributed by atoms with van der Waals surface area (Å²) >= 11 is 0. The van der Waals surface area contributed by atoms with E-state index in [-0.39, 0.29) is 11.5 Å². The molecule has 1 aromatic rings. The van der Waals surface area contributed by atoms with Gasteiger partial charge in [0.25, 0.3) is 0 Å². The first-order valence-electron chi connectivity index (χ1n) is 3.29. The van der Waals surface area contributed by atoms with E-state index in [1.165, 1.54) is 0 Å². The molecule has 58 valence electrons. The van der Waals surface area contributed by atoms with Crippen LogP contribution in [0.5, 0.6) is 5.75 Å². The minimum absolute atomic E-state index is 0.0154. The van der Waals surface area contributed by atoms with Crippen LogP contribution in [-0.4, -0.2) is 10.2 Å². The zero-order valence-corrected chi connectivity index (χ0v) is 6.33. The SMILES string of the molecule is C=C(O)c1cccc(O)c1C. The number of rotatable bonds is 1. The molecule has 1 aromatic carbocycles. The molecule has 2 heteroatoms. The van der Waals surface area contributed by atoms with E-state index >= 15 is 0 Å². The molecule has 0 atom stereocenters. The smallest absolute Gasteiger partial charge is 0.119 e. The highest BCUT2D eigenvalue weighted by Gasteiger charge is 2.03. The van der Waals surface area contributed by atoms with Gasteiger partial charge < -0.3 is 10.2 Å². The highest BCUT2D eigenvalue weighted by Crippen LogP contribution is 2.22. The van der Waals surface area contributed by atoms with Gasteiger partial charge in [-0.3, -0.25) is 0 Å². The Labute approximate surface area is 65.4 Å². The fraction of sp³-hybridized carbons (Fsp3) is 0.111. The number of aromatic hydroxyl groups is 1. The Morgan fingerprint density at radius 2 is 2.09 bits per heavy atom. The van der Waals surface area contributed by atoms with Gasteiger partial charge in [-0.2, -0.15) is 0 Å². The van der Waals surface area contributed by atoms with Crippen LogP contribution in [0.2, 0.25) is 0 Å². The molecule has 0 heterocycles. The second-order valence-corrected chi connectivity index (χ2v) is 2.40. The number of phenolic OH excluding ortho intramolecular Hbond substituents is 1. The monoisotopic (exact) mass is 150 g/mol. The molecule has 0 unspecified atom stereocenters. The lowest BCUT2D eigenvalue weighted by Gasteiger charge is -2.04. The predicted molar refractivity (Wildman–Crippen MR) is 44.5 cm³/mol. The molecule has 0 amide bonds. The molecule has 0 radical (unpaired) electrons. The first-order chi connectivity index (χ1) is 5.13. The van der Waals surface area contributed by atoms with Crippen molar-refractivity contribution in [2.45, 2.75) is 6.92 Å². The highest BCUT2D eigenvalue weighted by atomic mass is 16.3. The predicted octanol–water partition coefficient (Wildman–Crippen LogP) is 2.23. The summed E-state index contributed by atoms with van der Waals surface area (Å²) in [5, 5.41) is 18.2. The molecular formula is C9H10O2. The van der Waals surface area contributed by atoms with Crippen LogP contribution in [0.4, 0.5) is 0 Å². The molecule has 0 aliphatic carbocycles. The maximum absolute atomic E-state index is 9.20. The average Bonchev–Trinajstić information content (AvgIpc) is 1.94. The van der Waals surface area contributed by atoms with Crippen LogP contribution in [-0.2, 0) is 0 Å². The third-order valence-corrected chi connectivity index (χ3v) is 1.62. The second-order valence-electron chi connectivity index (χ2n) is 2.40. The van der Waals surface area contributed by atoms with Crippen molar-refractivity contribution in [3.8, 4) is 5.75 Å². The minimum Gasteiger partial charge on any atom is -0.508 e. The van der Waals surface area contributed by atoms with Crippen molar-refractivity contribution >= 4 is 5.76 Å². The van der Waals surface area contributed by atoms with Gasteiger partial charge in [0.1, 0.15) is 11.5 Å². The Kier molecular flexibility index (Phi) is 1.85. The molecule has 1 rings (SSSR count). The standard InChI is InChI=1S/C9H10O2/c1-6-8(7(2)10)4-3-5-9(6)11/h3-5,10-11H,2H2,1H3. The van der Waals surface area contributed by atoms with Gasteiger partial charge in [0.2, 0.25) is 0 Å². The molecule has 2 N–H and O–H groups in total. The molecule has 0 saturated carbocycles. The Morgan fingerprint density at radius 3 is 2.55 bits per heavy atom. The number of benzene rings is 1. The lowest BCUT2D eigenvalue weighted by molar-refractivity contribution is 0.468. The zero-order valence-electron chi connectivity index (χ0n) is 6.33. The van der Waals surface area contributed by atoms with Gasteiger partial charge >= 0.3 is 0 Å². The van der Waals surface area contributed by atoms with Crippen molar-refractivity contribution in [3.05, 3.63) is 35.9 Å². The summed E-state index contributed by atoms with van der Waals surface area (Å²) in [5.74, 6) is 0.163. The molecule has 0 saturated heterocycles. The molecule has 0 aliphatic rings. The fourth-order valence-corrected chi connectivity index (χ4v) is 0.936. The van der Waals surface area contributed by atoms with Gasteiger partial charge in [-0.05, 0) is 13.0 Å². The van der Waals surface area contributed by atoms with E-state index in [1.54, 1.807) is 25.1 Å². The van der Waals surface area contributed by atoms with E-state index in [1.807, 2.05) is 0 Å². The number of aliphatic hydroxyl groups excluding tert-OH is 1. The molecule has 0 fully saturated rings. The lowest BCUT2D eigenvalue weighted by atomic mass is 10.1. The maximum atomic E-state index is 9.20. The summed E-state index contributed by atoms with van der Waals surface area (Å²) in [6.07, 6.45) is 0. The molecule has 0 aromatic heterocycles. The van der Waals surface area contributed by atoms with Crippen molar-refractivity contribution in [3.63, 3.8) is 0 Å². The van der Waals surface area contributed by atoms with E-state index in [9.17, 15) is 5.11 Å². The van der Waals surface area contributed by atoms with Crippen molar-refractivity contribution in [2.24, 2.45) is 0 Å². The Balaban J connectivity index is 3.27. The van der Waals surface area contributed by atoms with E-state index in [4.69, 9.17) is 5.11 Å². The van der Waals surface area contributed by atoms with Crippen LogP contribution in [0.3, 0.4) is 0 Å². The van der Waals surface area contributed by atoms with Crippen molar-refractivity contribution < 1.29 is 10.2 Å². The van der Waals surface area contributed by atoms with Crippen molar-refractivity contribution in [2.75, 3.05) is 0 Å². The molecule has 2 nitrogen and oxygen atoms in total. The van der Waals surface area contributed by atoms with Crippen LogP contribution in [0.25, 0.3) is 5.76 Å². The third kappa shape index (κ3) is 1.34. The molecule has 11 heavy (non-hydrogen) atoms. The summed E-state index contributed by atoms with van der Waals surface area (Å²) in [6.45, 7) is 5.10.